The number of hydrogen-bond acceptors (Lipinski definition) is 2. The van der Waals surface area contributed by atoms with E-state index in [4.69, 9.17) is 5.11 Å². The van der Waals surface area contributed by atoms with Gasteiger partial charge in [-0.1, -0.05) is 6.92 Å². The fourth-order valence-corrected chi connectivity index (χ4v) is 2.28. The third kappa shape index (κ3) is 4.11. The molecule has 0 aromatic carbocycles. The first kappa shape index (κ1) is 15.8. The Bertz CT molecular complexity index is 334. The van der Waals surface area contributed by atoms with Crippen LogP contribution in [-0.4, -0.2) is 52.6 Å². The van der Waals surface area contributed by atoms with Gasteiger partial charge in [0.15, 0.2) is 0 Å². The van der Waals surface area contributed by atoms with Crippen molar-refractivity contribution < 1.29 is 14.7 Å². The second-order valence-corrected chi connectivity index (χ2v) is 6.04. The first-order valence-electron chi connectivity index (χ1n) is 7.02. The van der Waals surface area contributed by atoms with Crippen molar-refractivity contribution in [1.82, 2.24) is 9.80 Å². The van der Waals surface area contributed by atoms with E-state index in [0.29, 0.717) is 13.1 Å². The van der Waals surface area contributed by atoms with Crippen LogP contribution in [0.3, 0.4) is 0 Å². The molecule has 0 radical (unpaired) electrons. The van der Waals surface area contributed by atoms with Gasteiger partial charge in [0, 0.05) is 32.1 Å². The molecule has 0 aromatic rings. The zero-order valence-corrected chi connectivity index (χ0v) is 12.5. The maximum Gasteiger partial charge on any atom is 0.320 e. The molecule has 0 saturated carbocycles. The number of hydrogen-bond donors (Lipinski definition) is 1. The van der Waals surface area contributed by atoms with Crippen molar-refractivity contribution >= 4 is 12.0 Å². The van der Waals surface area contributed by atoms with Gasteiger partial charge in [0.1, 0.15) is 0 Å². The van der Waals surface area contributed by atoms with Crippen molar-refractivity contribution in [2.75, 3.05) is 20.1 Å². The highest BCUT2D eigenvalue weighted by Gasteiger charge is 2.31. The smallest absolute Gasteiger partial charge is 0.320 e. The molecule has 19 heavy (non-hydrogen) atoms. The van der Waals surface area contributed by atoms with Crippen molar-refractivity contribution in [2.45, 2.75) is 52.0 Å². The highest BCUT2D eigenvalue weighted by molar-refractivity contribution is 5.75. The molecule has 0 atom stereocenters. The Morgan fingerprint density at radius 1 is 1.32 bits per heavy atom. The number of carboxylic acid groups (broad SMARTS) is 1. The van der Waals surface area contributed by atoms with E-state index >= 15 is 0 Å². The van der Waals surface area contributed by atoms with Crippen LogP contribution in [0.5, 0.6) is 0 Å². The standard InChI is InChI=1S/C14H26N2O3/c1-5-14(2,3)15(4)13(19)16-8-6-11(7-9-16)10-12(17)18/h11H,5-10H2,1-4H3,(H,17,18). The predicted octanol–water partition coefficient (Wildman–Crippen LogP) is 2.41. The van der Waals surface area contributed by atoms with Crippen LogP contribution in [0.1, 0.15) is 46.5 Å². The zero-order valence-electron chi connectivity index (χ0n) is 12.5. The van der Waals surface area contributed by atoms with Crippen LogP contribution in [-0.2, 0) is 4.79 Å². The number of carbonyl (C=O) groups is 2. The van der Waals surface area contributed by atoms with Crippen LogP contribution in [0.2, 0.25) is 0 Å². The third-order valence-electron chi connectivity index (χ3n) is 4.41. The van der Waals surface area contributed by atoms with Crippen molar-refractivity contribution in [2.24, 2.45) is 5.92 Å². The summed E-state index contributed by atoms with van der Waals surface area (Å²) in [6, 6.07) is 0.0561. The van der Waals surface area contributed by atoms with Gasteiger partial charge in [0.2, 0.25) is 0 Å². The minimum atomic E-state index is -0.742. The summed E-state index contributed by atoms with van der Waals surface area (Å²) < 4.78 is 0. The topological polar surface area (TPSA) is 60.9 Å². The molecule has 1 heterocycles. The molecule has 0 unspecified atom stereocenters. The molecule has 0 bridgehead atoms. The number of likely N-dealkylation sites (tertiary alicyclic amines) is 1. The van der Waals surface area contributed by atoms with Crippen LogP contribution < -0.4 is 0 Å². The van der Waals surface area contributed by atoms with Gasteiger partial charge < -0.3 is 14.9 Å². The number of aliphatic carboxylic acids is 1. The number of rotatable bonds is 4. The van der Waals surface area contributed by atoms with E-state index in [1.807, 2.05) is 11.9 Å². The molecule has 1 aliphatic rings. The van der Waals surface area contributed by atoms with Gasteiger partial charge in [-0.15, -0.1) is 0 Å². The van der Waals surface area contributed by atoms with Gasteiger partial charge in [-0.25, -0.2) is 4.79 Å². The average Bonchev–Trinajstić information content (AvgIpc) is 2.37. The van der Waals surface area contributed by atoms with Gasteiger partial charge in [0.25, 0.3) is 0 Å². The first-order chi connectivity index (χ1) is 8.77. The highest BCUT2D eigenvalue weighted by atomic mass is 16.4. The number of urea groups is 1. The molecule has 0 spiro atoms. The summed E-state index contributed by atoms with van der Waals surface area (Å²) in [6.07, 6.45) is 2.71. The summed E-state index contributed by atoms with van der Waals surface area (Å²) in [5.74, 6) is -0.528. The quantitative estimate of drug-likeness (QED) is 0.853. The number of amides is 2. The van der Waals surface area contributed by atoms with Crippen molar-refractivity contribution in [3.8, 4) is 0 Å². The van der Waals surface area contributed by atoms with Gasteiger partial charge in [-0.2, -0.15) is 0 Å². The summed E-state index contributed by atoms with van der Waals surface area (Å²) in [4.78, 5) is 26.7. The Morgan fingerprint density at radius 2 is 1.84 bits per heavy atom. The lowest BCUT2D eigenvalue weighted by atomic mass is 9.93. The normalized spacial score (nSPS) is 17.4. The summed E-state index contributed by atoms with van der Waals surface area (Å²) in [5.41, 5.74) is -0.144. The Kier molecular flexibility index (Phi) is 5.20. The molecule has 1 aliphatic heterocycles. The number of piperidine rings is 1. The van der Waals surface area contributed by atoms with Crippen LogP contribution in [0.15, 0.2) is 0 Å². The lowest BCUT2D eigenvalue weighted by molar-refractivity contribution is -0.138. The first-order valence-corrected chi connectivity index (χ1v) is 7.02. The van der Waals surface area contributed by atoms with E-state index < -0.39 is 5.97 Å². The molecular formula is C14H26N2O3. The van der Waals surface area contributed by atoms with E-state index in [1.165, 1.54) is 0 Å². The SMILES string of the molecule is CCC(C)(C)N(C)C(=O)N1CCC(CC(=O)O)CC1. The third-order valence-corrected chi connectivity index (χ3v) is 4.41. The summed E-state index contributed by atoms with van der Waals surface area (Å²) in [7, 11) is 1.84. The fraction of sp³-hybridized carbons (Fsp3) is 0.857. The number of carbonyl (C=O) groups excluding carboxylic acids is 1. The minimum absolute atomic E-state index is 0.0561. The van der Waals surface area contributed by atoms with Crippen LogP contribution in [0.4, 0.5) is 4.79 Å². The molecule has 110 valence electrons. The maximum absolute atomic E-state index is 12.4. The van der Waals surface area contributed by atoms with Crippen molar-refractivity contribution in [3.63, 3.8) is 0 Å². The molecule has 1 saturated heterocycles. The van der Waals surface area contributed by atoms with Crippen molar-refractivity contribution in [3.05, 3.63) is 0 Å². The van der Waals surface area contributed by atoms with E-state index in [-0.39, 0.29) is 23.9 Å². The predicted molar refractivity (Wildman–Crippen MR) is 74.1 cm³/mol. The monoisotopic (exact) mass is 270 g/mol. The van der Waals surface area contributed by atoms with Gasteiger partial charge in [0.05, 0.1) is 0 Å². The second kappa shape index (κ2) is 6.26. The largest absolute Gasteiger partial charge is 0.481 e. The zero-order chi connectivity index (χ0) is 14.6. The van der Waals surface area contributed by atoms with Crippen LogP contribution >= 0.6 is 0 Å². The molecule has 0 aromatic heterocycles. The van der Waals surface area contributed by atoms with Gasteiger partial charge in [-0.3, -0.25) is 4.79 Å². The Morgan fingerprint density at radius 3 is 2.26 bits per heavy atom. The number of nitrogens with zero attached hydrogens (tertiary/aromatic N) is 2. The molecule has 5 nitrogen and oxygen atoms in total. The molecular weight excluding hydrogens is 244 g/mol. The molecule has 2 amide bonds. The van der Waals surface area contributed by atoms with Gasteiger partial charge in [-0.05, 0) is 39.0 Å². The summed E-state index contributed by atoms with van der Waals surface area (Å²) in [6.45, 7) is 7.52. The van der Waals surface area contributed by atoms with E-state index in [0.717, 1.165) is 19.3 Å². The molecule has 1 rings (SSSR count). The average molecular weight is 270 g/mol. The number of carboxylic acids is 1. The van der Waals surface area contributed by atoms with E-state index in [1.54, 1.807) is 4.90 Å². The molecule has 5 heteroatoms. The minimum Gasteiger partial charge on any atom is -0.481 e. The lowest BCUT2D eigenvalue weighted by Crippen LogP contribution is -2.52. The van der Waals surface area contributed by atoms with Crippen LogP contribution in [0, 0.1) is 5.92 Å². The van der Waals surface area contributed by atoms with Crippen molar-refractivity contribution in [1.29, 1.82) is 0 Å². The van der Waals surface area contributed by atoms with Crippen LogP contribution in [0.25, 0.3) is 0 Å². The highest BCUT2D eigenvalue weighted by Crippen LogP contribution is 2.24. The molecule has 1 N–H and O–H groups in total. The maximum atomic E-state index is 12.4. The van der Waals surface area contributed by atoms with Gasteiger partial charge >= 0.3 is 12.0 Å². The molecule has 0 aliphatic carbocycles. The second-order valence-electron chi connectivity index (χ2n) is 6.04. The summed E-state index contributed by atoms with van der Waals surface area (Å²) in [5, 5.41) is 8.78. The van der Waals surface area contributed by atoms with E-state index in [9.17, 15) is 9.59 Å². The Balaban J connectivity index is 2.51. The van der Waals surface area contributed by atoms with E-state index in [2.05, 4.69) is 20.8 Å². The Hall–Kier alpha value is -1.26. The lowest BCUT2D eigenvalue weighted by Gasteiger charge is -2.40. The Labute approximate surface area is 115 Å². The fourth-order valence-electron chi connectivity index (χ4n) is 2.28. The summed E-state index contributed by atoms with van der Waals surface area (Å²) >= 11 is 0. The molecule has 1 fully saturated rings.